The van der Waals surface area contributed by atoms with Gasteiger partial charge in [0.05, 0.1) is 29.3 Å². The molecule has 8 heteroatoms. The summed E-state index contributed by atoms with van der Waals surface area (Å²) in [6.07, 6.45) is 4.57. The van der Waals surface area contributed by atoms with Crippen molar-refractivity contribution in [2.45, 2.75) is 64.5 Å². The molecule has 0 spiro atoms. The lowest BCUT2D eigenvalue weighted by Gasteiger charge is -2.34. The number of aliphatic hydroxyl groups excluding tert-OH is 1. The van der Waals surface area contributed by atoms with Crippen LogP contribution in [0.3, 0.4) is 0 Å². The Hall–Kier alpha value is -2.90. The van der Waals surface area contributed by atoms with Gasteiger partial charge in [0.2, 0.25) is 5.43 Å². The van der Waals surface area contributed by atoms with Crippen LogP contribution in [-0.4, -0.2) is 33.5 Å². The van der Waals surface area contributed by atoms with Crippen molar-refractivity contribution in [3.8, 4) is 5.75 Å². The average molecular weight is 516 g/mol. The molecule has 0 bridgehead atoms. The molecular weight excluding hydrogens is 485 g/mol. The molecule has 0 amide bonds. The quantitative estimate of drug-likeness (QED) is 0.385. The van der Waals surface area contributed by atoms with E-state index in [0.717, 1.165) is 32.1 Å². The summed E-state index contributed by atoms with van der Waals surface area (Å²) in [5.41, 5.74) is -0.290. The lowest BCUT2D eigenvalue weighted by atomic mass is 9.83. The smallest absolute Gasteiger partial charge is 0.341 e. The highest BCUT2D eigenvalue weighted by Crippen LogP contribution is 2.37. The Kier molecular flexibility index (Phi) is 8.00. The Balaban J connectivity index is 2.07. The number of aliphatic hydroxyl groups is 1. The number of carboxylic acid groups (broad SMARTS) is 1. The number of rotatable bonds is 8. The number of carboxylic acids is 1. The van der Waals surface area contributed by atoms with Gasteiger partial charge in [-0.05, 0) is 56.4 Å². The van der Waals surface area contributed by atoms with Crippen LogP contribution in [0, 0.1) is 11.7 Å². The highest BCUT2D eigenvalue weighted by atomic mass is 35.5. The fraction of sp³-hybridized carbons (Fsp3) is 0.429. The molecule has 1 unspecified atom stereocenters. The average Bonchev–Trinajstić information content (AvgIpc) is 2.84. The molecule has 192 valence electrons. The van der Waals surface area contributed by atoms with E-state index in [4.69, 9.17) is 16.3 Å². The number of aromatic carboxylic acids is 1. The van der Waals surface area contributed by atoms with Crippen LogP contribution in [0.5, 0.6) is 5.75 Å². The largest absolute Gasteiger partial charge is 0.491 e. The van der Waals surface area contributed by atoms with Crippen LogP contribution in [0.2, 0.25) is 5.02 Å². The molecule has 1 saturated carbocycles. The molecule has 3 aromatic rings. The number of halogens is 2. The number of hydrogen-bond acceptors (Lipinski definition) is 4. The molecule has 0 aliphatic heterocycles. The minimum Gasteiger partial charge on any atom is -0.491 e. The molecule has 0 radical (unpaired) electrons. The molecule has 0 saturated heterocycles. The number of carbonyl (C=O) groups is 1. The summed E-state index contributed by atoms with van der Waals surface area (Å²) in [5.74, 6) is -1.46. The van der Waals surface area contributed by atoms with Gasteiger partial charge in [0.15, 0.2) is 0 Å². The van der Waals surface area contributed by atoms with Gasteiger partial charge in [0.1, 0.15) is 17.1 Å². The van der Waals surface area contributed by atoms with Gasteiger partial charge in [-0.3, -0.25) is 4.79 Å². The van der Waals surface area contributed by atoms with Gasteiger partial charge in [-0.25, -0.2) is 9.18 Å². The third-order valence-corrected chi connectivity index (χ3v) is 7.26. The first kappa shape index (κ1) is 26.2. The number of ether oxygens (including phenoxy) is 1. The minimum atomic E-state index is -1.39. The molecule has 1 atom stereocenters. The number of nitrogens with zero attached hydrogens (tertiary/aromatic N) is 1. The second-order valence-electron chi connectivity index (χ2n) is 9.71. The van der Waals surface area contributed by atoms with Crippen molar-refractivity contribution in [2.24, 2.45) is 5.92 Å². The zero-order valence-electron chi connectivity index (χ0n) is 20.5. The minimum absolute atomic E-state index is 0.0775. The van der Waals surface area contributed by atoms with Gasteiger partial charge in [-0.1, -0.05) is 43.0 Å². The van der Waals surface area contributed by atoms with Gasteiger partial charge in [-0.15, -0.1) is 0 Å². The molecule has 2 N–H and O–H groups in total. The Bertz CT molecular complexity index is 1330. The first-order valence-electron chi connectivity index (χ1n) is 12.4. The molecule has 4 rings (SSSR count). The van der Waals surface area contributed by atoms with E-state index in [1.54, 1.807) is 28.8 Å². The lowest BCUT2D eigenvalue weighted by Crippen LogP contribution is -2.32. The fourth-order valence-corrected chi connectivity index (χ4v) is 5.57. The number of fused-ring (bicyclic) bond motifs is 1. The van der Waals surface area contributed by atoms with Crippen LogP contribution in [0.4, 0.5) is 4.39 Å². The Labute approximate surface area is 214 Å². The number of benzene rings is 2. The van der Waals surface area contributed by atoms with Crippen molar-refractivity contribution in [2.75, 3.05) is 6.61 Å². The molecule has 36 heavy (non-hydrogen) atoms. The van der Waals surface area contributed by atoms with Gasteiger partial charge < -0.3 is 19.5 Å². The SMILES string of the molecule is CC(C)Oc1ccc2c(=O)c(C(=O)O)c(Cc3cccc(Cl)c3F)n(C(CO)C3CCCCC3)c2c1. The molecule has 1 aliphatic carbocycles. The maximum absolute atomic E-state index is 15.0. The van der Waals surface area contributed by atoms with Crippen LogP contribution in [-0.2, 0) is 6.42 Å². The first-order chi connectivity index (χ1) is 17.2. The third kappa shape index (κ3) is 5.13. The Morgan fingerprint density at radius 1 is 1.19 bits per heavy atom. The summed E-state index contributed by atoms with van der Waals surface area (Å²) >= 11 is 6.01. The van der Waals surface area contributed by atoms with E-state index in [-0.39, 0.29) is 46.7 Å². The van der Waals surface area contributed by atoms with Crippen molar-refractivity contribution >= 4 is 28.5 Å². The second-order valence-corrected chi connectivity index (χ2v) is 10.1. The first-order valence-corrected chi connectivity index (χ1v) is 12.8. The van der Waals surface area contributed by atoms with E-state index in [2.05, 4.69) is 0 Å². The van der Waals surface area contributed by atoms with Crippen molar-refractivity contribution < 1.29 is 24.1 Å². The van der Waals surface area contributed by atoms with Crippen LogP contribution in [0.1, 0.15) is 73.6 Å². The fourth-order valence-electron chi connectivity index (χ4n) is 5.38. The third-order valence-electron chi connectivity index (χ3n) is 6.97. The van der Waals surface area contributed by atoms with Gasteiger partial charge in [0.25, 0.3) is 0 Å². The molecule has 6 nitrogen and oxygen atoms in total. The lowest BCUT2D eigenvalue weighted by molar-refractivity contribution is 0.0691. The monoisotopic (exact) mass is 515 g/mol. The Morgan fingerprint density at radius 2 is 1.92 bits per heavy atom. The van der Waals surface area contributed by atoms with Crippen molar-refractivity contribution in [1.82, 2.24) is 4.57 Å². The highest BCUT2D eigenvalue weighted by Gasteiger charge is 2.31. The number of aromatic nitrogens is 1. The van der Waals surface area contributed by atoms with E-state index in [1.807, 2.05) is 13.8 Å². The van der Waals surface area contributed by atoms with Crippen molar-refractivity contribution in [3.05, 3.63) is 74.3 Å². The zero-order valence-corrected chi connectivity index (χ0v) is 21.2. The summed E-state index contributed by atoms with van der Waals surface area (Å²) < 4.78 is 22.6. The molecule has 1 aliphatic rings. The Morgan fingerprint density at radius 3 is 2.56 bits per heavy atom. The topological polar surface area (TPSA) is 88.8 Å². The van der Waals surface area contributed by atoms with E-state index < -0.39 is 28.8 Å². The maximum atomic E-state index is 15.0. The molecule has 1 heterocycles. The summed E-state index contributed by atoms with van der Waals surface area (Å²) in [4.78, 5) is 25.9. The van der Waals surface area contributed by atoms with Crippen molar-refractivity contribution in [1.29, 1.82) is 0 Å². The molecule has 1 fully saturated rings. The summed E-state index contributed by atoms with van der Waals surface area (Å²) in [6.45, 7) is 3.52. The number of hydrogen-bond donors (Lipinski definition) is 2. The van der Waals surface area contributed by atoms with Crippen LogP contribution in [0.15, 0.2) is 41.2 Å². The standard InChI is InChI=1S/C28H31ClFNO5/c1-16(2)36-19-11-12-20-22(14-19)31(24(15-32)17-7-4-3-5-8-17)23(25(27(20)33)28(34)35)13-18-9-6-10-21(29)26(18)30/h6,9-12,14,16-17,24,32H,3-5,7-8,13,15H2,1-2H3,(H,34,35). The van der Waals surface area contributed by atoms with E-state index in [9.17, 15) is 24.2 Å². The molecular formula is C28H31ClFNO5. The van der Waals surface area contributed by atoms with Gasteiger partial charge >= 0.3 is 5.97 Å². The van der Waals surface area contributed by atoms with E-state index >= 15 is 0 Å². The molecule has 1 aromatic heterocycles. The van der Waals surface area contributed by atoms with Crippen LogP contribution < -0.4 is 10.2 Å². The summed E-state index contributed by atoms with van der Waals surface area (Å²) in [7, 11) is 0. The van der Waals surface area contributed by atoms with E-state index in [1.165, 1.54) is 12.1 Å². The highest BCUT2D eigenvalue weighted by molar-refractivity contribution is 6.30. The summed E-state index contributed by atoms with van der Waals surface area (Å²) in [5, 5.41) is 20.9. The predicted octanol–water partition coefficient (Wildman–Crippen LogP) is 5.98. The van der Waals surface area contributed by atoms with Crippen LogP contribution >= 0.6 is 11.6 Å². The molecule has 2 aromatic carbocycles. The van der Waals surface area contributed by atoms with Gasteiger partial charge in [0, 0.05) is 23.6 Å². The number of pyridine rings is 1. The van der Waals surface area contributed by atoms with E-state index in [0.29, 0.717) is 11.3 Å². The normalized spacial score (nSPS) is 15.4. The van der Waals surface area contributed by atoms with Crippen molar-refractivity contribution in [3.63, 3.8) is 0 Å². The maximum Gasteiger partial charge on any atom is 0.341 e. The predicted molar refractivity (Wildman–Crippen MR) is 138 cm³/mol. The second kappa shape index (κ2) is 11.0. The van der Waals surface area contributed by atoms with Gasteiger partial charge in [-0.2, -0.15) is 0 Å². The summed E-state index contributed by atoms with van der Waals surface area (Å²) in [6, 6.07) is 8.97. The van der Waals surface area contributed by atoms with Crippen LogP contribution in [0.25, 0.3) is 10.9 Å². The zero-order chi connectivity index (χ0) is 26.0.